The van der Waals surface area contributed by atoms with Crippen molar-refractivity contribution in [1.82, 2.24) is 0 Å². The molecule has 0 atom stereocenters. The number of benzene rings is 2. The van der Waals surface area contributed by atoms with E-state index in [9.17, 15) is 0 Å². The van der Waals surface area contributed by atoms with Gasteiger partial charge in [-0.1, -0.05) is 36.4 Å². The van der Waals surface area contributed by atoms with Crippen molar-refractivity contribution in [1.29, 1.82) is 0 Å². The predicted molar refractivity (Wildman–Crippen MR) is 104 cm³/mol. The topological polar surface area (TPSA) is 0 Å². The van der Waals surface area contributed by atoms with Crippen LogP contribution in [0.15, 0.2) is 82.6 Å². The zero-order valence-corrected chi connectivity index (χ0v) is 17.0. The fourth-order valence-electron chi connectivity index (χ4n) is 1.24. The van der Waals surface area contributed by atoms with E-state index in [0.29, 0.717) is 0 Å². The van der Waals surface area contributed by atoms with Crippen LogP contribution in [0.25, 0.3) is 0 Å². The number of hydrogen-bond acceptors (Lipinski definition) is 0. The summed E-state index contributed by atoms with van der Waals surface area (Å²) >= 11 is 6.71. The minimum absolute atomic E-state index is 0. The molecule has 0 spiro atoms. The van der Waals surface area contributed by atoms with Crippen LogP contribution in [0.2, 0.25) is 0 Å². The molecule has 0 radical (unpaired) electrons. The van der Waals surface area contributed by atoms with Crippen molar-refractivity contribution in [3.8, 4) is 0 Å². The Labute approximate surface area is 177 Å². The zero-order chi connectivity index (χ0) is 17.3. The summed E-state index contributed by atoms with van der Waals surface area (Å²) < 4.78 is 0. The summed E-state index contributed by atoms with van der Waals surface area (Å²) in [6.07, 6.45) is 0. The molecule has 0 saturated heterocycles. The average Bonchev–Trinajstić information content (AvgIpc) is 3.36. The van der Waals surface area contributed by atoms with E-state index >= 15 is 0 Å². The van der Waals surface area contributed by atoms with Crippen molar-refractivity contribution in [2.75, 3.05) is 0 Å². The Morgan fingerprint density at radius 3 is 0.920 bits per heavy atom. The molecule has 0 aliphatic rings. The van der Waals surface area contributed by atoms with Gasteiger partial charge in [-0.2, -0.15) is 0 Å². The van der Waals surface area contributed by atoms with Crippen molar-refractivity contribution < 1.29 is 21.7 Å². The molecule has 0 amide bonds. The molecule has 0 heterocycles. The predicted octanol–water partition coefficient (Wildman–Crippen LogP) is 3.32. The van der Waals surface area contributed by atoms with Gasteiger partial charge in [-0.15, -0.1) is 0 Å². The maximum Gasteiger partial charge on any atom is 0.150 e. The van der Waals surface area contributed by atoms with Crippen molar-refractivity contribution in [3.05, 3.63) is 121 Å². The summed E-state index contributed by atoms with van der Waals surface area (Å²) in [5.41, 5.74) is 0. The summed E-state index contributed by atoms with van der Waals surface area (Å²) in [6.45, 7) is 0. The summed E-state index contributed by atoms with van der Waals surface area (Å²) in [4.78, 5) is 2.25. The van der Waals surface area contributed by atoms with Crippen molar-refractivity contribution in [3.63, 3.8) is 0 Å². The third-order valence-electron chi connectivity index (χ3n) is 2.25. The molecule has 4 aromatic carbocycles. The second-order valence-electron chi connectivity index (χ2n) is 4.10. The van der Waals surface area contributed by atoms with Crippen LogP contribution in [0.4, 0.5) is 0 Å². The Bertz CT molecular complexity index is 577. The quantitative estimate of drug-likeness (QED) is 0.245. The van der Waals surface area contributed by atoms with Crippen LogP contribution < -0.4 is 0 Å². The summed E-state index contributed by atoms with van der Waals surface area (Å²) in [7, 11) is 0. The van der Waals surface area contributed by atoms with E-state index in [1.165, 1.54) is 0 Å². The largest absolute Gasteiger partial charge is 0.999 e. The molecule has 0 saturated carbocycles. The van der Waals surface area contributed by atoms with Gasteiger partial charge in [-0.3, -0.25) is 0 Å². The third kappa shape index (κ3) is 15.8. The van der Waals surface area contributed by atoms with E-state index in [1.807, 2.05) is 60.7 Å². The van der Waals surface area contributed by atoms with E-state index in [2.05, 4.69) is 73.8 Å². The first kappa shape index (κ1) is 23.6. The van der Waals surface area contributed by atoms with Crippen molar-refractivity contribution >= 4 is 25.3 Å². The molecule has 0 aliphatic carbocycles. The van der Waals surface area contributed by atoms with Crippen molar-refractivity contribution in [2.45, 2.75) is 9.79 Å². The minimum atomic E-state index is 0. The van der Waals surface area contributed by atoms with Gasteiger partial charge in [0.1, 0.15) is 9.79 Å². The standard InChI is InChI=1S/2C6H6S.2C5H.Ti/c2*7-6-4-2-1-3-5-6;2*1-2-4-5-3-1;/h2*1-5,7H;2*1H;/q;;2*-5;/p+2. The maximum absolute atomic E-state index is 3.36. The van der Waals surface area contributed by atoms with E-state index in [1.54, 1.807) is 12.1 Å². The third-order valence-corrected chi connectivity index (χ3v) is 2.92. The van der Waals surface area contributed by atoms with Crippen LogP contribution in [0.5, 0.6) is 0 Å². The fourth-order valence-corrected chi connectivity index (χ4v) is 1.62. The number of rotatable bonds is 0. The molecular weight excluding hydrogens is 376 g/mol. The first-order valence-electron chi connectivity index (χ1n) is 6.98. The molecule has 0 fully saturated rings. The number of hydrogen-bond donors (Lipinski definition) is 0. The molecule has 3 heteroatoms. The summed E-state index contributed by atoms with van der Waals surface area (Å²) in [5, 5.41) is 0. The van der Waals surface area contributed by atoms with Crippen LogP contribution in [0.3, 0.4) is 0 Å². The average molecular weight is 392 g/mol. The van der Waals surface area contributed by atoms with E-state index in [-0.39, 0.29) is 21.7 Å². The fraction of sp³-hybridized carbons (Fsp3) is 0. The first-order chi connectivity index (χ1) is 11.8. The van der Waals surface area contributed by atoms with Crippen LogP contribution in [0, 0.1) is 48.5 Å². The Balaban J connectivity index is 0.000000307. The molecule has 0 nitrogen and oxygen atoms in total. The monoisotopic (exact) mass is 392 g/mol. The van der Waals surface area contributed by atoms with Gasteiger partial charge < -0.3 is 60.7 Å². The van der Waals surface area contributed by atoms with Crippen LogP contribution in [-0.2, 0) is 47.0 Å². The van der Waals surface area contributed by atoms with Crippen LogP contribution in [-0.4, -0.2) is 0 Å². The van der Waals surface area contributed by atoms with Crippen LogP contribution in [0.1, 0.15) is 0 Å². The maximum atomic E-state index is 3.36. The second-order valence-corrected chi connectivity index (χ2v) is 5.25. The molecular formula is C22H16S2Ti-8. The molecule has 0 aliphatic heterocycles. The Morgan fingerprint density at radius 1 is 0.520 bits per heavy atom. The van der Waals surface area contributed by atoms with Gasteiger partial charge in [0, 0.05) is 21.7 Å². The molecule has 4 aromatic rings. The molecule has 0 aromatic heterocycles. The molecule has 0 N–H and O–H groups in total. The van der Waals surface area contributed by atoms with E-state index in [4.69, 9.17) is 0 Å². The molecule has 0 bridgehead atoms. The van der Waals surface area contributed by atoms with Gasteiger partial charge in [0.05, 0.1) is 0 Å². The van der Waals surface area contributed by atoms with Gasteiger partial charge in [-0.05, 0) is 49.5 Å². The first-order valence-corrected chi connectivity index (χ1v) is 7.98. The van der Waals surface area contributed by atoms with Gasteiger partial charge in [0.15, 0.2) is 0 Å². The van der Waals surface area contributed by atoms with Crippen molar-refractivity contribution in [2.24, 2.45) is 0 Å². The minimum Gasteiger partial charge on any atom is -0.999 e. The van der Waals surface area contributed by atoms with E-state index in [0.717, 1.165) is 9.79 Å². The second kappa shape index (κ2) is 17.4. The molecule has 25 heavy (non-hydrogen) atoms. The Morgan fingerprint density at radius 2 is 0.800 bits per heavy atom. The molecule has 0 unspecified atom stereocenters. The van der Waals surface area contributed by atoms with E-state index < -0.39 is 0 Å². The van der Waals surface area contributed by atoms with Crippen LogP contribution >= 0.6 is 0 Å². The summed E-state index contributed by atoms with van der Waals surface area (Å²) in [6, 6.07) is 43.9. The zero-order valence-electron chi connectivity index (χ0n) is 13.4. The van der Waals surface area contributed by atoms with Gasteiger partial charge >= 0.3 is 0 Å². The Hall–Kier alpha value is -1.45. The summed E-state index contributed by atoms with van der Waals surface area (Å²) in [5.74, 6) is 0. The Kier molecular flexibility index (Phi) is 16.4. The van der Waals surface area contributed by atoms with Gasteiger partial charge in [-0.25, -0.2) is 0 Å². The smallest absolute Gasteiger partial charge is 0.150 e. The SMILES string of the molecule is [SH2+]c1ccccc1.[SH2+]c1ccccc1.[Ti].[c-]1[c-][c-][cH-][c-]1.[c-]1[c-][c-][cH-][c-]1. The molecule has 128 valence electrons. The normalized spacial score (nSPS) is 8.08. The molecule has 4 rings (SSSR count). The van der Waals surface area contributed by atoms with Gasteiger partial charge in [0.25, 0.3) is 0 Å². The van der Waals surface area contributed by atoms with Gasteiger partial charge in [0.2, 0.25) is 0 Å².